The number of aromatic nitrogens is 2. The number of H-pyrrole nitrogens is 1. The van der Waals surface area contributed by atoms with Crippen LogP contribution in [0, 0.1) is 5.82 Å². The van der Waals surface area contributed by atoms with Gasteiger partial charge in [-0.25, -0.2) is 9.37 Å². The van der Waals surface area contributed by atoms with Gasteiger partial charge in [0.05, 0.1) is 11.9 Å². The summed E-state index contributed by atoms with van der Waals surface area (Å²) < 4.78 is 12.9. The quantitative estimate of drug-likeness (QED) is 0.874. The summed E-state index contributed by atoms with van der Waals surface area (Å²) in [6, 6.07) is 6.33. The molecule has 1 aliphatic rings. The van der Waals surface area contributed by atoms with Gasteiger partial charge in [-0.1, -0.05) is 0 Å². The van der Waals surface area contributed by atoms with Crippen molar-refractivity contribution < 1.29 is 9.18 Å². The van der Waals surface area contributed by atoms with Gasteiger partial charge in [0.2, 0.25) is 6.41 Å². The van der Waals surface area contributed by atoms with E-state index in [0.717, 1.165) is 42.9 Å². The van der Waals surface area contributed by atoms with Crippen molar-refractivity contribution in [3.05, 3.63) is 42.1 Å². The Bertz CT molecular complexity index is 593. The maximum atomic E-state index is 12.9. The van der Waals surface area contributed by atoms with Gasteiger partial charge < -0.3 is 9.88 Å². The molecule has 1 aliphatic heterocycles. The zero-order valence-electron chi connectivity index (χ0n) is 11.1. The topological polar surface area (TPSA) is 49.0 Å². The summed E-state index contributed by atoms with van der Waals surface area (Å²) in [6.45, 7) is 1.53. The van der Waals surface area contributed by atoms with Crippen molar-refractivity contribution in [3.63, 3.8) is 0 Å². The molecule has 0 saturated carbocycles. The maximum absolute atomic E-state index is 12.9. The Morgan fingerprint density at radius 2 is 2.15 bits per heavy atom. The molecule has 3 rings (SSSR count). The lowest BCUT2D eigenvalue weighted by molar-refractivity contribution is -0.119. The van der Waals surface area contributed by atoms with Crippen LogP contribution >= 0.6 is 0 Å². The van der Waals surface area contributed by atoms with E-state index in [0.29, 0.717) is 6.54 Å². The molecule has 1 unspecified atom stereocenters. The summed E-state index contributed by atoms with van der Waals surface area (Å²) in [6.07, 6.45) is 4.69. The molecule has 4 nitrogen and oxygen atoms in total. The summed E-state index contributed by atoms with van der Waals surface area (Å²) in [5, 5.41) is 0. The van der Waals surface area contributed by atoms with E-state index in [1.54, 1.807) is 23.2 Å². The fraction of sp³-hybridized carbons (Fsp3) is 0.333. The number of piperidine rings is 1. The standard InChI is InChI=1S/C15H16FN3O/c16-13-5-3-11(4-6-13)14-8-17-15(18-14)12-2-1-7-19(9-12)10-20/h3-6,8,10,12H,1-2,7,9H2,(H,17,18). The first kappa shape index (κ1) is 12.8. The second-order valence-corrected chi connectivity index (χ2v) is 5.13. The average Bonchev–Trinajstić information content (AvgIpc) is 2.98. The summed E-state index contributed by atoms with van der Waals surface area (Å²) in [5.41, 5.74) is 1.79. The van der Waals surface area contributed by atoms with Crippen molar-refractivity contribution >= 4 is 6.41 Å². The monoisotopic (exact) mass is 273 g/mol. The molecule has 1 fully saturated rings. The first-order chi connectivity index (χ1) is 9.76. The van der Waals surface area contributed by atoms with E-state index in [2.05, 4.69) is 9.97 Å². The van der Waals surface area contributed by atoms with Crippen LogP contribution in [-0.2, 0) is 4.79 Å². The molecular weight excluding hydrogens is 257 g/mol. The minimum atomic E-state index is -0.248. The fourth-order valence-electron chi connectivity index (χ4n) is 2.65. The molecule has 5 heteroatoms. The third-order valence-corrected chi connectivity index (χ3v) is 3.74. The summed E-state index contributed by atoms with van der Waals surface area (Å²) >= 11 is 0. The largest absolute Gasteiger partial charge is 0.345 e. The number of carbonyl (C=O) groups is 1. The number of hydrogen-bond donors (Lipinski definition) is 1. The Labute approximate surface area is 116 Å². The molecule has 1 N–H and O–H groups in total. The molecule has 1 saturated heterocycles. The second-order valence-electron chi connectivity index (χ2n) is 5.13. The van der Waals surface area contributed by atoms with Gasteiger partial charge >= 0.3 is 0 Å². The second kappa shape index (κ2) is 5.45. The van der Waals surface area contributed by atoms with Crippen molar-refractivity contribution in [1.29, 1.82) is 0 Å². The van der Waals surface area contributed by atoms with Crippen LogP contribution in [0.1, 0.15) is 24.6 Å². The van der Waals surface area contributed by atoms with Gasteiger partial charge in [-0.05, 0) is 42.7 Å². The number of imidazole rings is 1. The van der Waals surface area contributed by atoms with E-state index < -0.39 is 0 Å². The minimum Gasteiger partial charge on any atom is -0.345 e. The highest BCUT2D eigenvalue weighted by Crippen LogP contribution is 2.26. The molecule has 1 aromatic carbocycles. The van der Waals surface area contributed by atoms with Gasteiger partial charge in [-0.3, -0.25) is 4.79 Å². The van der Waals surface area contributed by atoms with E-state index in [9.17, 15) is 9.18 Å². The highest BCUT2D eigenvalue weighted by Gasteiger charge is 2.22. The van der Waals surface area contributed by atoms with Crippen molar-refractivity contribution in [2.45, 2.75) is 18.8 Å². The van der Waals surface area contributed by atoms with Crippen LogP contribution in [0.2, 0.25) is 0 Å². The van der Waals surface area contributed by atoms with Gasteiger partial charge in [0.1, 0.15) is 11.6 Å². The predicted molar refractivity (Wildman–Crippen MR) is 73.6 cm³/mol. The molecule has 1 aromatic heterocycles. The van der Waals surface area contributed by atoms with Crippen molar-refractivity contribution in [3.8, 4) is 11.3 Å². The molecule has 0 aliphatic carbocycles. The van der Waals surface area contributed by atoms with Crippen molar-refractivity contribution in [2.24, 2.45) is 0 Å². The number of halogens is 1. The molecule has 104 valence electrons. The van der Waals surface area contributed by atoms with E-state index >= 15 is 0 Å². The Hall–Kier alpha value is -2.17. The van der Waals surface area contributed by atoms with E-state index in [4.69, 9.17) is 0 Å². The Morgan fingerprint density at radius 1 is 1.35 bits per heavy atom. The SMILES string of the molecule is O=CN1CCCC(c2ncc(-c3ccc(F)cc3)[nH]2)C1. The smallest absolute Gasteiger partial charge is 0.209 e. The van der Waals surface area contributed by atoms with E-state index in [-0.39, 0.29) is 11.7 Å². The number of aromatic amines is 1. The van der Waals surface area contributed by atoms with Gasteiger partial charge in [0.25, 0.3) is 0 Å². The molecule has 2 aromatic rings. The normalized spacial score (nSPS) is 19.1. The molecule has 2 heterocycles. The van der Waals surface area contributed by atoms with Crippen LogP contribution in [0.5, 0.6) is 0 Å². The zero-order valence-corrected chi connectivity index (χ0v) is 11.1. The van der Waals surface area contributed by atoms with Gasteiger partial charge in [0, 0.05) is 19.0 Å². The summed E-state index contributed by atoms with van der Waals surface area (Å²) in [4.78, 5) is 20.3. The number of carbonyl (C=O) groups excluding carboxylic acids is 1. The third-order valence-electron chi connectivity index (χ3n) is 3.74. The van der Waals surface area contributed by atoms with Crippen LogP contribution in [0.4, 0.5) is 4.39 Å². The van der Waals surface area contributed by atoms with Crippen LogP contribution in [0.25, 0.3) is 11.3 Å². The van der Waals surface area contributed by atoms with Crippen LogP contribution < -0.4 is 0 Å². The molecule has 0 radical (unpaired) electrons. The van der Waals surface area contributed by atoms with E-state index in [1.807, 2.05) is 0 Å². The highest BCUT2D eigenvalue weighted by molar-refractivity contribution is 5.58. The van der Waals surface area contributed by atoms with Gasteiger partial charge in [0.15, 0.2) is 0 Å². The highest BCUT2D eigenvalue weighted by atomic mass is 19.1. The third kappa shape index (κ3) is 2.57. The first-order valence-electron chi connectivity index (χ1n) is 6.76. The van der Waals surface area contributed by atoms with Crippen LogP contribution in [-0.4, -0.2) is 34.4 Å². The Morgan fingerprint density at radius 3 is 2.90 bits per heavy atom. The van der Waals surface area contributed by atoms with Gasteiger partial charge in [-0.15, -0.1) is 0 Å². The molecule has 1 amide bonds. The molecule has 0 bridgehead atoms. The lowest BCUT2D eigenvalue weighted by atomic mass is 9.98. The number of nitrogens with one attached hydrogen (secondary N) is 1. The zero-order chi connectivity index (χ0) is 13.9. The lowest BCUT2D eigenvalue weighted by Crippen LogP contribution is -2.33. The summed E-state index contributed by atoms with van der Waals surface area (Å²) in [7, 11) is 0. The molecule has 1 atom stereocenters. The average molecular weight is 273 g/mol. The fourth-order valence-corrected chi connectivity index (χ4v) is 2.65. The van der Waals surface area contributed by atoms with E-state index in [1.165, 1.54) is 12.1 Å². The number of benzene rings is 1. The van der Waals surface area contributed by atoms with Crippen molar-refractivity contribution in [1.82, 2.24) is 14.9 Å². The van der Waals surface area contributed by atoms with Crippen molar-refractivity contribution in [2.75, 3.05) is 13.1 Å². The maximum Gasteiger partial charge on any atom is 0.209 e. The van der Waals surface area contributed by atoms with Gasteiger partial charge in [-0.2, -0.15) is 0 Å². The number of likely N-dealkylation sites (tertiary alicyclic amines) is 1. The Kier molecular flexibility index (Phi) is 3.50. The summed E-state index contributed by atoms with van der Waals surface area (Å²) in [5.74, 6) is 0.904. The predicted octanol–water partition coefficient (Wildman–Crippen LogP) is 2.55. The number of rotatable bonds is 3. The first-order valence-corrected chi connectivity index (χ1v) is 6.76. The van der Waals surface area contributed by atoms with Crippen LogP contribution in [0.15, 0.2) is 30.5 Å². The molecular formula is C15H16FN3O. The van der Waals surface area contributed by atoms with Crippen LogP contribution in [0.3, 0.4) is 0 Å². The lowest BCUT2D eigenvalue weighted by Gasteiger charge is -2.28. The molecule has 20 heavy (non-hydrogen) atoms. The molecule has 0 spiro atoms. The minimum absolute atomic E-state index is 0.248. The number of hydrogen-bond acceptors (Lipinski definition) is 2. The Balaban J connectivity index is 1.79. The number of nitrogens with zero attached hydrogens (tertiary/aromatic N) is 2. The number of amides is 1.